The number of rotatable bonds is 7. The Kier molecular flexibility index (Phi) is 5.04. The molecule has 2 amide bonds. The lowest BCUT2D eigenvalue weighted by Crippen LogP contribution is -2.49. The van der Waals surface area contributed by atoms with E-state index in [0.29, 0.717) is 18.7 Å². The van der Waals surface area contributed by atoms with Crippen LogP contribution < -0.4 is 14.8 Å². The van der Waals surface area contributed by atoms with Gasteiger partial charge >= 0.3 is 0 Å². The SMILES string of the molecule is COc1ccc(C2(C(=O)N3C[C@@H](Oc4cccnc4)C[C@H]3C(=O)NC3CC3)CC2)cc1. The Morgan fingerprint density at radius 1 is 1.13 bits per heavy atom. The number of nitrogens with one attached hydrogen (secondary N) is 1. The zero-order valence-corrected chi connectivity index (χ0v) is 17.6. The van der Waals surface area contributed by atoms with Gasteiger partial charge < -0.3 is 19.7 Å². The number of nitrogens with zero attached hydrogens (tertiary/aromatic N) is 2. The molecule has 31 heavy (non-hydrogen) atoms. The van der Waals surface area contributed by atoms with E-state index in [9.17, 15) is 9.59 Å². The van der Waals surface area contributed by atoms with Gasteiger partial charge in [0.2, 0.25) is 11.8 Å². The van der Waals surface area contributed by atoms with E-state index in [1.165, 1.54) is 0 Å². The third-order valence-electron chi connectivity index (χ3n) is 6.49. The Bertz CT molecular complexity index is 955. The Balaban J connectivity index is 1.37. The summed E-state index contributed by atoms with van der Waals surface area (Å²) in [5.41, 5.74) is 0.435. The minimum atomic E-state index is -0.548. The second-order valence-electron chi connectivity index (χ2n) is 8.73. The van der Waals surface area contributed by atoms with Gasteiger partial charge in [0.1, 0.15) is 23.6 Å². The van der Waals surface area contributed by atoms with Gasteiger partial charge in [-0.1, -0.05) is 12.1 Å². The molecule has 162 valence electrons. The first kappa shape index (κ1) is 19.8. The molecule has 1 saturated heterocycles. The summed E-state index contributed by atoms with van der Waals surface area (Å²) in [4.78, 5) is 32.6. The molecule has 0 spiro atoms. The molecular weight excluding hydrogens is 394 g/mol. The maximum absolute atomic E-state index is 13.7. The summed E-state index contributed by atoms with van der Waals surface area (Å²) in [6.45, 7) is 0.397. The topological polar surface area (TPSA) is 80.8 Å². The van der Waals surface area contributed by atoms with Crippen LogP contribution >= 0.6 is 0 Å². The van der Waals surface area contributed by atoms with Crippen molar-refractivity contribution in [1.29, 1.82) is 0 Å². The molecule has 1 aromatic carbocycles. The van der Waals surface area contributed by atoms with E-state index in [2.05, 4.69) is 10.3 Å². The Morgan fingerprint density at radius 2 is 1.90 bits per heavy atom. The first-order valence-corrected chi connectivity index (χ1v) is 10.9. The monoisotopic (exact) mass is 421 g/mol. The van der Waals surface area contributed by atoms with Gasteiger partial charge in [-0.3, -0.25) is 14.6 Å². The Morgan fingerprint density at radius 3 is 2.52 bits per heavy atom. The van der Waals surface area contributed by atoms with Gasteiger partial charge in [-0.15, -0.1) is 0 Å². The first-order valence-electron chi connectivity index (χ1n) is 10.9. The highest BCUT2D eigenvalue weighted by molar-refractivity contribution is 5.96. The minimum Gasteiger partial charge on any atom is -0.497 e. The standard InChI is InChI=1S/C24H27N3O4/c1-30-18-8-4-16(5-9-18)24(10-11-24)23(29)27-15-20(31-19-3-2-12-25-14-19)13-21(27)22(28)26-17-6-7-17/h2-5,8-9,12,14,17,20-21H,6-7,10-11,13,15H2,1H3,(H,26,28)/t20-,21-/m0/s1. The lowest BCUT2D eigenvalue weighted by molar-refractivity contribution is -0.140. The zero-order chi connectivity index (χ0) is 21.4. The predicted molar refractivity (Wildman–Crippen MR) is 114 cm³/mol. The summed E-state index contributed by atoms with van der Waals surface area (Å²) in [5, 5.41) is 3.07. The first-order chi connectivity index (χ1) is 15.1. The molecule has 2 atom stereocenters. The van der Waals surface area contributed by atoms with Crippen LogP contribution in [-0.4, -0.2) is 53.5 Å². The molecule has 3 aliphatic rings. The number of hydrogen-bond acceptors (Lipinski definition) is 5. The number of pyridine rings is 1. The molecule has 2 aromatic rings. The third-order valence-corrected chi connectivity index (χ3v) is 6.49. The average Bonchev–Trinajstić information content (AvgIpc) is 3.73. The highest BCUT2D eigenvalue weighted by Gasteiger charge is 2.56. The van der Waals surface area contributed by atoms with Crippen LogP contribution in [0.4, 0.5) is 0 Å². The van der Waals surface area contributed by atoms with Crippen LogP contribution in [0.5, 0.6) is 11.5 Å². The van der Waals surface area contributed by atoms with Crippen LogP contribution in [0.15, 0.2) is 48.8 Å². The van der Waals surface area contributed by atoms with Gasteiger partial charge in [-0.05, 0) is 55.5 Å². The van der Waals surface area contributed by atoms with E-state index in [4.69, 9.17) is 9.47 Å². The largest absolute Gasteiger partial charge is 0.497 e. The summed E-state index contributed by atoms with van der Waals surface area (Å²) >= 11 is 0. The maximum Gasteiger partial charge on any atom is 0.243 e. The number of likely N-dealkylation sites (tertiary alicyclic amines) is 1. The molecular formula is C24H27N3O4. The van der Waals surface area contributed by atoms with Crippen LogP contribution in [0.1, 0.15) is 37.7 Å². The lowest BCUT2D eigenvalue weighted by Gasteiger charge is -2.28. The predicted octanol–water partition coefficient (Wildman–Crippen LogP) is 2.45. The van der Waals surface area contributed by atoms with Crippen LogP contribution in [-0.2, 0) is 15.0 Å². The number of amides is 2. The van der Waals surface area contributed by atoms with Gasteiger partial charge in [0.05, 0.1) is 25.3 Å². The van der Waals surface area contributed by atoms with Crippen molar-refractivity contribution in [2.75, 3.05) is 13.7 Å². The van der Waals surface area contributed by atoms with Gasteiger partial charge in [0.25, 0.3) is 0 Å². The summed E-state index contributed by atoms with van der Waals surface area (Å²) in [6, 6.07) is 11.1. The van der Waals surface area contributed by atoms with Crippen LogP contribution in [0.2, 0.25) is 0 Å². The fraction of sp³-hybridized carbons (Fsp3) is 0.458. The van der Waals surface area contributed by atoms with Crippen molar-refractivity contribution in [2.45, 2.75) is 55.7 Å². The van der Waals surface area contributed by atoms with Crippen molar-refractivity contribution in [3.8, 4) is 11.5 Å². The smallest absolute Gasteiger partial charge is 0.243 e. The number of carbonyl (C=O) groups is 2. The number of ether oxygens (including phenoxy) is 2. The molecule has 0 bridgehead atoms. The summed E-state index contributed by atoms with van der Waals surface area (Å²) in [5.74, 6) is 1.36. The normalized spacial score (nSPS) is 23.8. The third kappa shape index (κ3) is 3.96. The highest BCUT2D eigenvalue weighted by atomic mass is 16.5. The number of carbonyl (C=O) groups excluding carboxylic acids is 2. The molecule has 7 heteroatoms. The zero-order valence-electron chi connectivity index (χ0n) is 17.6. The van der Waals surface area contributed by atoms with Crippen molar-refractivity contribution >= 4 is 11.8 Å². The fourth-order valence-corrected chi connectivity index (χ4v) is 4.43. The average molecular weight is 421 g/mol. The summed E-state index contributed by atoms with van der Waals surface area (Å²) in [7, 11) is 1.63. The van der Waals surface area contributed by atoms with Crippen molar-refractivity contribution in [1.82, 2.24) is 15.2 Å². The molecule has 2 heterocycles. The Hall–Kier alpha value is -3.09. The number of hydrogen-bond donors (Lipinski definition) is 1. The quantitative estimate of drug-likeness (QED) is 0.743. The van der Waals surface area contributed by atoms with Gasteiger partial charge in [-0.2, -0.15) is 0 Å². The number of methoxy groups -OCH3 is 1. The summed E-state index contributed by atoms with van der Waals surface area (Å²) < 4.78 is 11.3. The summed E-state index contributed by atoms with van der Waals surface area (Å²) in [6.07, 6.45) is 7.19. The second kappa shape index (κ2) is 7.87. The molecule has 1 aliphatic heterocycles. The molecule has 5 rings (SSSR count). The molecule has 0 radical (unpaired) electrons. The van der Waals surface area contributed by atoms with E-state index in [1.807, 2.05) is 36.4 Å². The van der Waals surface area contributed by atoms with E-state index >= 15 is 0 Å². The van der Waals surface area contributed by atoms with Crippen molar-refractivity contribution in [2.24, 2.45) is 0 Å². The second-order valence-corrected chi connectivity index (χ2v) is 8.73. The van der Waals surface area contributed by atoms with Gasteiger partial charge in [0.15, 0.2) is 0 Å². The molecule has 0 unspecified atom stereocenters. The Labute approximate surface area is 181 Å². The van der Waals surface area contributed by atoms with E-state index < -0.39 is 11.5 Å². The van der Waals surface area contributed by atoms with Crippen LogP contribution in [0.25, 0.3) is 0 Å². The maximum atomic E-state index is 13.7. The number of aromatic nitrogens is 1. The van der Waals surface area contributed by atoms with Crippen molar-refractivity contribution in [3.63, 3.8) is 0 Å². The van der Waals surface area contributed by atoms with E-state index in [0.717, 1.165) is 37.0 Å². The molecule has 1 aromatic heterocycles. The minimum absolute atomic E-state index is 0.0194. The molecule has 7 nitrogen and oxygen atoms in total. The molecule has 2 aliphatic carbocycles. The van der Waals surface area contributed by atoms with Crippen molar-refractivity contribution in [3.05, 3.63) is 54.4 Å². The fourth-order valence-electron chi connectivity index (χ4n) is 4.43. The molecule has 2 saturated carbocycles. The lowest BCUT2D eigenvalue weighted by atomic mass is 9.93. The van der Waals surface area contributed by atoms with Gasteiger partial charge in [0, 0.05) is 18.7 Å². The van der Waals surface area contributed by atoms with E-state index in [1.54, 1.807) is 24.4 Å². The molecule has 1 N–H and O–H groups in total. The van der Waals surface area contributed by atoms with Crippen LogP contribution in [0.3, 0.4) is 0 Å². The molecule has 3 fully saturated rings. The number of benzene rings is 1. The van der Waals surface area contributed by atoms with Crippen LogP contribution in [0, 0.1) is 0 Å². The van der Waals surface area contributed by atoms with E-state index in [-0.39, 0.29) is 24.0 Å². The highest BCUT2D eigenvalue weighted by Crippen LogP contribution is 2.50. The van der Waals surface area contributed by atoms with Gasteiger partial charge in [-0.25, -0.2) is 0 Å². The van der Waals surface area contributed by atoms with Crippen molar-refractivity contribution < 1.29 is 19.1 Å².